The maximum Gasteiger partial charge on any atom is 0.305 e. The van der Waals surface area contributed by atoms with Gasteiger partial charge in [-0.15, -0.1) is 0 Å². The standard InChI is InChI=1S/C34H34N4O4/c1-8-20-15(2)23-14-28-31(19(6)39)17(4)25(36-28)12-24-16(3)21(9-10-30(41)42-7)33(37-24)22-11-29(40)32-18(5)26(38-34(22)32)13-27(20)35-23/h12-14,36,40H,8-11H2,1-7H3. The van der Waals surface area contributed by atoms with E-state index in [1.165, 1.54) is 7.11 Å². The smallest absolute Gasteiger partial charge is 0.305 e. The number of allylic oxidation sites excluding steroid dienone is 8. The number of aromatic amines is 1. The number of carbonyl (C=O) groups excluding carboxylic acids is 2. The zero-order valence-electron chi connectivity index (χ0n) is 25.1. The van der Waals surface area contributed by atoms with Crippen LogP contribution in [0.5, 0.6) is 0 Å². The lowest BCUT2D eigenvalue weighted by Crippen LogP contribution is -2.17. The Hall–Kier alpha value is -4.59. The van der Waals surface area contributed by atoms with E-state index in [1.807, 2.05) is 39.0 Å². The normalized spacial score (nSPS) is 19.3. The van der Waals surface area contributed by atoms with Crippen molar-refractivity contribution in [2.24, 2.45) is 15.0 Å². The van der Waals surface area contributed by atoms with Crippen LogP contribution in [0.1, 0.15) is 76.2 Å². The first-order valence-corrected chi connectivity index (χ1v) is 14.3. The third kappa shape index (κ3) is 4.16. The van der Waals surface area contributed by atoms with Crippen LogP contribution in [0, 0.1) is 6.92 Å². The van der Waals surface area contributed by atoms with E-state index >= 15 is 0 Å². The van der Waals surface area contributed by atoms with Crippen LogP contribution < -0.4 is 10.7 Å². The average molecular weight is 563 g/mol. The maximum atomic E-state index is 12.9. The molecule has 5 heterocycles. The summed E-state index contributed by atoms with van der Waals surface area (Å²) >= 11 is 0. The summed E-state index contributed by atoms with van der Waals surface area (Å²) in [6.07, 6.45) is 7.65. The van der Waals surface area contributed by atoms with E-state index in [-0.39, 0.29) is 23.9 Å². The van der Waals surface area contributed by atoms with Gasteiger partial charge in [0.05, 0.1) is 46.7 Å². The molecule has 1 aliphatic carbocycles. The maximum absolute atomic E-state index is 12.9. The SMILES string of the molecule is CCC1=C(C)C2=NC1=CC1=C(C)C3=C(O)CC(=C4N=C(C=c5[nH]c(c(C(C)=O)c5C)=C2)C(C)=C4CCC(=O)OC)C3=N1. The molecule has 0 unspecified atom stereocenters. The molecule has 1 aromatic rings. The van der Waals surface area contributed by atoms with E-state index in [0.717, 1.165) is 90.6 Å². The Morgan fingerprint density at radius 3 is 2.33 bits per heavy atom. The van der Waals surface area contributed by atoms with Gasteiger partial charge in [-0.3, -0.25) is 9.59 Å². The number of aliphatic hydroxyl groups is 1. The van der Waals surface area contributed by atoms with Crippen molar-refractivity contribution in [3.8, 4) is 0 Å². The Morgan fingerprint density at radius 2 is 1.64 bits per heavy atom. The van der Waals surface area contributed by atoms with Crippen molar-refractivity contribution in [1.82, 2.24) is 4.98 Å². The summed E-state index contributed by atoms with van der Waals surface area (Å²) in [5.41, 5.74) is 12.5. The third-order valence-corrected chi connectivity index (χ3v) is 8.84. The van der Waals surface area contributed by atoms with Crippen LogP contribution >= 0.6 is 0 Å². The Bertz CT molecular complexity index is 1940. The fraction of sp³-hybridized carbons (Fsp3) is 0.324. The summed E-state index contributed by atoms with van der Waals surface area (Å²) in [4.78, 5) is 43.6. The molecule has 42 heavy (non-hydrogen) atoms. The van der Waals surface area contributed by atoms with Gasteiger partial charge in [-0.25, -0.2) is 15.0 Å². The van der Waals surface area contributed by atoms with Crippen LogP contribution in [0.3, 0.4) is 0 Å². The molecule has 0 saturated heterocycles. The predicted molar refractivity (Wildman–Crippen MR) is 165 cm³/mol. The first kappa shape index (κ1) is 27.6. The fourth-order valence-electron chi connectivity index (χ4n) is 6.52. The molecule has 1 aromatic heterocycles. The molecule has 8 bridgehead atoms. The topological polar surface area (TPSA) is 116 Å². The van der Waals surface area contributed by atoms with E-state index in [0.29, 0.717) is 23.8 Å². The van der Waals surface area contributed by atoms with Gasteiger partial charge in [0.25, 0.3) is 0 Å². The number of rotatable bonds is 5. The van der Waals surface area contributed by atoms with E-state index in [9.17, 15) is 14.7 Å². The van der Waals surface area contributed by atoms with E-state index in [1.54, 1.807) is 6.92 Å². The highest BCUT2D eigenvalue weighted by Crippen LogP contribution is 2.44. The second-order valence-electron chi connectivity index (χ2n) is 11.3. The second kappa shape index (κ2) is 10.0. The number of ketones is 1. The lowest BCUT2D eigenvalue weighted by Gasteiger charge is -2.09. The van der Waals surface area contributed by atoms with Crippen molar-refractivity contribution in [3.05, 3.63) is 89.8 Å². The molecule has 214 valence electrons. The minimum Gasteiger partial charge on any atom is -0.511 e. The summed E-state index contributed by atoms with van der Waals surface area (Å²) in [6, 6.07) is 0. The number of Topliss-reactive ketones (excluding diaryl/α,β-unsaturated/α-hetero) is 1. The third-order valence-electron chi connectivity index (χ3n) is 8.84. The molecule has 0 atom stereocenters. The van der Waals surface area contributed by atoms with Crippen molar-refractivity contribution < 1.29 is 19.4 Å². The van der Waals surface area contributed by atoms with Crippen LogP contribution in [0.25, 0.3) is 12.2 Å². The Balaban J connectivity index is 1.68. The summed E-state index contributed by atoms with van der Waals surface area (Å²) in [7, 11) is 1.38. The summed E-state index contributed by atoms with van der Waals surface area (Å²) < 4.78 is 4.93. The largest absolute Gasteiger partial charge is 0.511 e. The van der Waals surface area contributed by atoms with Crippen molar-refractivity contribution >= 4 is 41.0 Å². The number of ether oxygens (including phenoxy) is 1. The highest BCUT2D eigenvalue weighted by molar-refractivity contribution is 6.26. The first-order chi connectivity index (χ1) is 20.0. The molecule has 0 fully saturated rings. The van der Waals surface area contributed by atoms with Gasteiger partial charge in [0, 0.05) is 34.9 Å². The van der Waals surface area contributed by atoms with Crippen LogP contribution in [-0.2, 0) is 9.53 Å². The van der Waals surface area contributed by atoms with Gasteiger partial charge in [-0.2, -0.15) is 0 Å². The summed E-state index contributed by atoms with van der Waals surface area (Å²) in [5, 5.41) is 12.7. The minimum absolute atomic E-state index is 0.0326. The molecule has 0 amide bonds. The number of fused-ring (bicyclic) bond motifs is 5. The molecule has 0 aromatic carbocycles. The molecular weight excluding hydrogens is 528 g/mol. The number of carbonyl (C=O) groups is 2. The molecule has 5 aliphatic rings. The molecule has 0 spiro atoms. The number of nitrogens with zero attached hydrogens (tertiary/aromatic N) is 3. The highest BCUT2D eigenvalue weighted by atomic mass is 16.5. The zero-order valence-corrected chi connectivity index (χ0v) is 25.1. The number of H-pyrrole nitrogens is 1. The molecule has 2 N–H and O–H groups in total. The Morgan fingerprint density at radius 1 is 0.952 bits per heavy atom. The molecule has 0 saturated carbocycles. The quantitative estimate of drug-likeness (QED) is 0.384. The van der Waals surface area contributed by atoms with E-state index in [2.05, 4.69) is 18.8 Å². The van der Waals surface area contributed by atoms with Gasteiger partial charge in [0.15, 0.2) is 5.78 Å². The first-order valence-electron chi connectivity index (χ1n) is 14.3. The fourth-order valence-corrected chi connectivity index (χ4v) is 6.52. The van der Waals surface area contributed by atoms with E-state index < -0.39 is 0 Å². The monoisotopic (exact) mass is 562 g/mol. The summed E-state index contributed by atoms with van der Waals surface area (Å²) in [5.74, 6) is -0.0657. The van der Waals surface area contributed by atoms with Crippen LogP contribution in [0.15, 0.2) is 82.9 Å². The predicted octanol–water partition coefficient (Wildman–Crippen LogP) is 5.09. The van der Waals surface area contributed by atoms with Gasteiger partial charge in [-0.05, 0) is 99.1 Å². The molecule has 8 heteroatoms. The van der Waals surface area contributed by atoms with E-state index in [4.69, 9.17) is 19.7 Å². The Kier molecular flexibility index (Phi) is 6.60. The van der Waals surface area contributed by atoms with Gasteiger partial charge < -0.3 is 14.8 Å². The molecular formula is C34H34N4O4. The average Bonchev–Trinajstić information content (AvgIpc) is 3.70. The van der Waals surface area contributed by atoms with Crippen LogP contribution in [0.4, 0.5) is 0 Å². The number of aliphatic imine (C=N–C) groups is 3. The number of methoxy groups -OCH3 is 1. The number of aliphatic hydroxyl groups excluding tert-OH is 1. The highest BCUT2D eigenvalue weighted by Gasteiger charge is 2.37. The minimum atomic E-state index is -0.300. The van der Waals surface area contributed by atoms with Gasteiger partial charge in [0.2, 0.25) is 0 Å². The lowest BCUT2D eigenvalue weighted by atomic mass is 9.96. The molecule has 6 rings (SSSR count). The number of nitrogens with one attached hydrogen (secondary N) is 1. The number of hydrogen-bond acceptors (Lipinski definition) is 7. The van der Waals surface area contributed by atoms with Crippen molar-refractivity contribution in [3.63, 3.8) is 0 Å². The van der Waals surface area contributed by atoms with Gasteiger partial charge in [0.1, 0.15) is 5.76 Å². The van der Waals surface area contributed by atoms with Crippen LogP contribution in [-0.4, -0.2) is 46.1 Å². The number of esters is 1. The van der Waals surface area contributed by atoms with Crippen molar-refractivity contribution in [2.45, 2.75) is 67.2 Å². The summed E-state index contributed by atoms with van der Waals surface area (Å²) in [6.45, 7) is 11.6. The lowest BCUT2D eigenvalue weighted by molar-refractivity contribution is -0.140. The molecule has 0 radical (unpaired) electrons. The van der Waals surface area contributed by atoms with Crippen molar-refractivity contribution in [1.29, 1.82) is 0 Å². The molecule has 4 aliphatic heterocycles. The second-order valence-corrected chi connectivity index (χ2v) is 11.3. The van der Waals surface area contributed by atoms with Crippen LogP contribution in [0.2, 0.25) is 0 Å². The molecule has 8 nitrogen and oxygen atoms in total. The number of hydrogen-bond donors (Lipinski definition) is 2. The van der Waals surface area contributed by atoms with Gasteiger partial charge >= 0.3 is 5.97 Å². The Labute approximate surface area is 244 Å². The van der Waals surface area contributed by atoms with Crippen molar-refractivity contribution in [2.75, 3.05) is 7.11 Å². The zero-order chi connectivity index (χ0) is 30.0. The number of aromatic nitrogens is 1. The van der Waals surface area contributed by atoms with Gasteiger partial charge in [-0.1, -0.05) is 6.92 Å².